The van der Waals surface area contributed by atoms with Crippen molar-refractivity contribution < 1.29 is 14.2 Å². The van der Waals surface area contributed by atoms with E-state index in [2.05, 4.69) is 40.5 Å². The lowest BCUT2D eigenvalue weighted by molar-refractivity contribution is 0.286. The number of benzene rings is 3. The molecule has 2 N–H and O–H groups in total. The highest BCUT2D eigenvalue weighted by Crippen LogP contribution is 2.35. The third-order valence-corrected chi connectivity index (χ3v) is 7.79. The van der Waals surface area contributed by atoms with Crippen LogP contribution < -0.4 is 21.1 Å². The van der Waals surface area contributed by atoms with Gasteiger partial charge in [0.25, 0.3) is 0 Å². The lowest BCUT2D eigenvalue weighted by Crippen LogP contribution is -2.37. The molecule has 0 unspecified atom stereocenters. The lowest BCUT2D eigenvalue weighted by atomic mass is 9.75. The zero-order chi connectivity index (χ0) is 27.1. The molecule has 1 aromatic heterocycles. The molecule has 39 heavy (non-hydrogen) atoms. The Balaban J connectivity index is 1.40. The zero-order valence-corrected chi connectivity index (χ0v) is 22.5. The number of anilines is 2. The number of aryl methyl sites for hydroxylation is 1. The van der Waals surface area contributed by atoms with Crippen molar-refractivity contribution in [3.05, 3.63) is 87.1 Å². The van der Waals surface area contributed by atoms with Gasteiger partial charge < -0.3 is 24.4 Å². The Hall–Kier alpha value is -4.04. The van der Waals surface area contributed by atoms with Crippen LogP contribution in [0, 0.1) is 13.8 Å². The van der Waals surface area contributed by atoms with Crippen molar-refractivity contribution in [1.82, 2.24) is 0 Å². The third-order valence-electron chi connectivity index (χ3n) is 7.79. The van der Waals surface area contributed by atoms with Crippen molar-refractivity contribution >= 4 is 41.3 Å². The standard InChI is InChI=1S/C31H32BN3O4/c1-19-15-25(30-26(16-19)29(36)20(2)31(38-30)35-13-7-4-8-14-35)21(3)34-28-10-6-5-9-24(28)22-11-12-27-23(17-22)18-33-39-32(27)37/h5-6,9-12,15-18,21,34,37H,4,7-8,13-14H2,1-3H3/t21-/m0/s1. The van der Waals surface area contributed by atoms with E-state index in [9.17, 15) is 9.82 Å². The van der Waals surface area contributed by atoms with Gasteiger partial charge >= 0.3 is 7.12 Å². The van der Waals surface area contributed by atoms with Crippen LogP contribution in [0.2, 0.25) is 0 Å². The molecule has 0 radical (unpaired) electrons. The fourth-order valence-electron chi connectivity index (χ4n) is 5.73. The smallest absolute Gasteiger partial charge is 0.440 e. The molecule has 1 fully saturated rings. The van der Waals surface area contributed by atoms with Crippen molar-refractivity contribution in [2.45, 2.75) is 46.1 Å². The minimum Gasteiger partial charge on any atom is -0.440 e. The highest BCUT2D eigenvalue weighted by Gasteiger charge is 2.26. The fourth-order valence-corrected chi connectivity index (χ4v) is 5.73. The minimum atomic E-state index is -1.06. The zero-order valence-electron chi connectivity index (χ0n) is 22.5. The van der Waals surface area contributed by atoms with Gasteiger partial charge in [-0.1, -0.05) is 36.4 Å². The second-order valence-corrected chi connectivity index (χ2v) is 10.6. The molecule has 198 valence electrons. The lowest BCUT2D eigenvalue weighted by Gasteiger charge is -2.29. The predicted molar refractivity (Wildman–Crippen MR) is 158 cm³/mol. The maximum absolute atomic E-state index is 13.5. The van der Waals surface area contributed by atoms with Crippen molar-refractivity contribution in [3.63, 3.8) is 0 Å². The van der Waals surface area contributed by atoms with Crippen LogP contribution in [0.15, 0.2) is 69.0 Å². The molecule has 7 nitrogen and oxygen atoms in total. The molecule has 2 aliphatic rings. The van der Waals surface area contributed by atoms with Crippen LogP contribution in [0.1, 0.15) is 54.5 Å². The Bertz CT molecular complexity index is 1640. The summed E-state index contributed by atoms with van der Waals surface area (Å²) >= 11 is 0. The Morgan fingerprint density at radius 2 is 1.85 bits per heavy atom. The van der Waals surface area contributed by atoms with Crippen LogP contribution >= 0.6 is 0 Å². The highest BCUT2D eigenvalue weighted by molar-refractivity contribution is 6.62. The van der Waals surface area contributed by atoms with Crippen LogP contribution in [0.3, 0.4) is 0 Å². The van der Waals surface area contributed by atoms with E-state index >= 15 is 0 Å². The normalized spacial score (nSPS) is 15.7. The number of fused-ring (bicyclic) bond motifs is 2. The van der Waals surface area contributed by atoms with E-state index in [4.69, 9.17) is 9.17 Å². The Morgan fingerprint density at radius 3 is 2.67 bits per heavy atom. The van der Waals surface area contributed by atoms with Gasteiger partial charge in [0, 0.05) is 35.4 Å². The molecular weight excluding hydrogens is 489 g/mol. The molecular formula is C31H32BN3O4. The van der Waals surface area contributed by atoms with Crippen LogP contribution in [0.25, 0.3) is 22.1 Å². The van der Waals surface area contributed by atoms with E-state index < -0.39 is 7.12 Å². The summed E-state index contributed by atoms with van der Waals surface area (Å²) in [6.07, 6.45) is 5.05. The number of nitrogens with zero attached hydrogens (tertiary/aromatic N) is 2. The molecule has 8 heteroatoms. The molecule has 1 atom stereocenters. The maximum Gasteiger partial charge on any atom is 0.583 e. The molecule has 0 amide bonds. The first kappa shape index (κ1) is 25.3. The summed E-state index contributed by atoms with van der Waals surface area (Å²) in [4.78, 5) is 15.7. The molecule has 0 spiro atoms. The van der Waals surface area contributed by atoms with Gasteiger partial charge in [0.1, 0.15) is 5.58 Å². The largest absolute Gasteiger partial charge is 0.583 e. The van der Waals surface area contributed by atoms with E-state index in [0.717, 1.165) is 59.4 Å². The molecule has 2 aliphatic heterocycles. The van der Waals surface area contributed by atoms with Gasteiger partial charge in [-0.3, -0.25) is 4.79 Å². The van der Waals surface area contributed by atoms with Gasteiger partial charge in [-0.2, -0.15) is 0 Å². The molecule has 1 saturated heterocycles. The molecule has 3 heterocycles. The fraction of sp³-hybridized carbons (Fsp3) is 0.290. The first-order valence-electron chi connectivity index (χ1n) is 13.6. The van der Waals surface area contributed by atoms with Crippen molar-refractivity contribution in [3.8, 4) is 11.1 Å². The topological polar surface area (TPSA) is 87.3 Å². The third kappa shape index (κ3) is 4.70. The van der Waals surface area contributed by atoms with Gasteiger partial charge in [0.15, 0.2) is 5.43 Å². The van der Waals surface area contributed by atoms with Crippen LogP contribution in [-0.4, -0.2) is 31.4 Å². The Morgan fingerprint density at radius 1 is 1.05 bits per heavy atom. The second-order valence-electron chi connectivity index (χ2n) is 10.6. The summed E-state index contributed by atoms with van der Waals surface area (Å²) in [6.45, 7) is 7.81. The SMILES string of the molecule is Cc1cc([C@H](C)Nc2ccccc2-c2ccc3c(c2)C=NOB3O)c2oc(N3CCCCC3)c(C)c(=O)c2c1. The number of rotatable bonds is 5. The quantitative estimate of drug-likeness (QED) is 0.347. The summed E-state index contributed by atoms with van der Waals surface area (Å²) in [5, 5.41) is 18.2. The number of piperidine rings is 1. The van der Waals surface area contributed by atoms with Crippen molar-refractivity contribution in [2.24, 2.45) is 5.16 Å². The molecule has 4 aromatic rings. The molecule has 0 aliphatic carbocycles. The highest BCUT2D eigenvalue weighted by atomic mass is 16.6. The molecule has 0 saturated carbocycles. The number of oxime groups is 1. The van der Waals surface area contributed by atoms with E-state index in [1.807, 2.05) is 50.2 Å². The van der Waals surface area contributed by atoms with E-state index in [1.54, 1.807) is 6.21 Å². The monoisotopic (exact) mass is 521 g/mol. The summed E-state index contributed by atoms with van der Waals surface area (Å²) < 4.78 is 11.5. The maximum atomic E-state index is 13.5. The average Bonchev–Trinajstić information content (AvgIpc) is 2.95. The molecule has 0 bridgehead atoms. The van der Waals surface area contributed by atoms with Gasteiger partial charge in [-0.15, -0.1) is 5.16 Å². The Kier molecular flexibility index (Phi) is 6.65. The van der Waals surface area contributed by atoms with E-state index in [1.165, 1.54) is 6.42 Å². The second kappa shape index (κ2) is 10.3. The van der Waals surface area contributed by atoms with Gasteiger partial charge in [0.05, 0.1) is 23.2 Å². The minimum absolute atomic E-state index is 0.0382. The van der Waals surface area contributed by atoms with Crippen LogP contribution in [0.5, 0.6) is 0 Å². The number of hydrogen-bond acceptors (Lipinski definition) is 7. The van der Waals surface area contributed by atoms with Crippen LogP contribution in [-0.2, 0) is 4.76 Å². The molecule has 6 rings (SSSR count). The van der Waals surface area contributed by atoms with Gasteiger partial charge in [-0.05, 0) is 74.9 Å². The van der Waals surface area contributed by atoms with E-state index in [0.29, 0.717) is 27.9 Å². The number of para-hydroxylation sites is 1. The number of hydrogen-bond donors (Lipinski definition) is 2. The van der Waals surface area contributed by atoms with Gasteiger partial charge in [-0.25, -0.2) is 0 Å². The van der Waals surface area contributed by atoms with Gasteiger partial charge in [0.2, 0.25) is 5.88 Å². The van der Waals surface area contributed by atoms with E-state index in [-0.39, 0.29) is 11.5 Å². The number of nitrogens with one attached hydrogen (secondary N) is 1. The average molecular weight is 521 g/mol. The van der Waals surface area contributed by atoms with Crippen LogP contribution in [0.4, 0.5) is 11.6 Å². The first-order valence-corrected chi connectivity index (χ1v) is 13.6. The predicted octanol–water partition coefficient (Wildman–Crippen LogP) is 5.29. The molecule has 3 aromatic carbocycles. The summed E-state index contributed by atoms with van der Waals surface area (Å²) in [5.74, 6) is 0.701. The van der Waals surface area contributed by atoms with Crippen molar-refractivity contribution in [1.29, 1.82) is 0 Å². The summed E-state index contributed by atoms with van der Waals surface area (Å²) in [6, 6.07) is 17.9. The summed E-state index contributed by atoms with van der Waals surface area (Å²) in [7, 11) is -1.06. The van der Waals surface area contributed by atoms with Crippen molar-refractivity contribution in [2.75, 3.05) is 23.3 Å². The summed E-state index contributed by atoms with van der Waals surface area (Å²) in [5.41, 5.74) is 7.81. The first-order chi connectivity index (χ1) is 18.9. The Labute approximate surface area is 228 Å².